The van der Waals surface area contributed by atoms with Crippen LogP contribution >= 0.6 is 0 Å². The molecule has 0 amide bonds. The Morgan fingerprint density at radius 2 is 2.05 bits per heavy atom. The van der Waals surface area contributed by atoms with Gasteiger partial charge in [0, 0.05) is 24.2 Å². The Balaban J connectivity index is 2.21. The number of hydrogen-bond acceptors (Lipinski definition) is 3. The first-order chi connectivity index (χ1) is 9.68. The van der Waals surface area contributed by atoms with Crippen molar-refractivity contribution in [3.63, 3.8) is 0 Å². The van der Waals surface area contributed by atoms with Crippen LogP contribution in [0.3, 0.4) is 0 Å². The third-order valence-electron chi connectivity index (χ3n) is 4.64. The molecule has 20 heavy (non-hydrogen) atoms. The highest BCUT2D eigenvalue weighted by Gasteiger charge is 2.37. The van der Waals surface area contributed by atoms with Gasteiger partial charge in [-0.15, -0.1) is 0 Å². The number of nitrogens with zero attached hydrogens (tertiary/aromatic N) is 3. The van der Waals surface area contributed by atoms with Gasteiger partial charge in [-0.25, -0.2) is 9.97 Å². The maximum absolute atomic E-state index is 6.19. The zero-order chi connectivity index (χ0) is 14.2. The van der Waals surface area contributed by atoms with Gasteiger partial charge < -0.3 is 10.3 Å². The molecule has 4 nitrogen and oxygen atoms in total. The molecule has 1 saturated carbocycles. The van der Waals surface area contributed by atoms with E-state index in [9.17, 15) is 0 Å². The van der Waals surface area contributed by atoms with Crippen molar-refractivity contribution in [2.24, 2.45) is 5.73 Å². The topological polar surface area (TPSA) is 56.7 Å². The van der Waals surface area contributed by atoms with Crippen LogP contribution in [-0.4, -0.2) is 21.1 Å². The van der Waals surface area contributed by atoms with Crippen molar-refractivity contribution in [1.82, 2.24) is 14.5 Å². The molecule has 108 valence electrons. The van der Waals surface area contributed by atoms with E-state index >= 15 is 0 Å². The minimum Gasteiger partial charge on any atom is -0.329 e. The minimum atomic E-state index is 0.0449. The second-order valence-electron chi connectivity index (χ2n) is 6.29. The van der Waals surface area contributed by atoms with E-state index in [-0.39, 0.29) is 5.41 Å². The van der Waals surface area contributed by atoms with Crippen LogP contribution in [0.5, 0.6) is 0 Å². The molecule has 2 N–H and O–H groups in total. The highest BCUT2D eigenvalue weighted by atomic mass is 15.2. The van der Waals surface area contributed by atoms with Gasteiger partial charge in [-0.3, -0.25) is 0 Å². The average Bonchev–Trinajstić information content (AvgIpc) is 2.88. The van der Waals surface area contributed by atoms with Crippen molar-refractivity contribution in [2.75, 3.05) is 6.54 Å². The third-order valence-corrected chi connectivity index (χ3v) is 4.64. The van der Waals surface area contributed by atoms with E-state index in [4.69, 9.17) is 10.7 Å². The number of aromatic nitrogens is 3. The Morgan fingerprint density at radius 1 is 1.30 bits per heavy atom. The fourth-order valence-corrected chi connectivity index (χ4v) is 3.54. The van der Waals surface area contributed by atoms with Gasteiger partial charge in [-0.2, -0.15) is 0 Å². The van der Waals surface area contributed by atoms with E-state index in [1.54, 1.807) is 0 Å². The molecule has 3 rings (SSSR count). The van der Waals surface area contributed by atoms with E-state index in [1.165, 1.54) is 19.3 Å². The van der Waals surface area contributed by atoms with Crippen LogP contribution in [0.2, 0.25) is 0 Å². The highest BCUT2D eigenvalue weighted by molar-refractivity contribution is 5.71. The maximum Gasteiger partial charge on any atom is 0.160 e. The van der Waals surface area contributed by atoms with E-state index in [1.807, 2.05) is 12.3 Å². The van der Waals surface area contributed by atoms with Crippen LogP contribution < -0.4 is 5.73 Å². The molecule has 0 saturated heterocycles. The van der Waals surface area contributed by atoms with Crippen molar-refractivity contribution in [3.05, 3.63) is 24.2 Å². The minimum absolute atomic E-state index is 0.0449. The molecule has 0 radical (unpaired) electrons. The molecular formula is C16H24N4. The van der Waals surface area contributed by atoms with Crippen molar-refractivity contribution in [2.45, 2.75) is 57.4 Å². The first-order valence-electron chi connectivity index (χ1n) is 7.71. The Morgan fingerprint density at radius 3 is 2.70 bits per heavy atom. The summed E-state index contributed by atoms with van der Waals surface area (Å²) in [4.78, 5) is 9.46. The number of fused-ring (bicyclic) bond motifs is 1. The predicted octanol–water partition coefficient (Wildman–Crippen LogP) is 3.17. The average molecular weight is 272 g/mol. The Kier molecular flexibility index (Phi) is 3.50. The van der Waals surface area contributed by atoms with E-state index in [0.717, 1.165) is 29.8 Å². The van der Waals surface area contributed by atoms with Gasteiger partial charge >= 0.3 is 0 Å². The van der Waals surface area contributed by atoms with Crippen molar-refractivity contribution in [1.29, 1.82) is 0 Å². The van der Waals surface area contributed by atoms with Crippen LogP contribution in [0.15, 0.2) is 18.3 Å². The summed E-state index contributed by atoms with van der Waals surface area (Å²) in [5.41, 5.74) is 8.22. The third kappa shape index (κ3) is 2.03. The van der Waals surface area contributed by atoms with Gasteiger partial charge in [0.15, 0.2) is 5.65 Å². The normalized spacial score (nSPS) is 18.8. The summed E-state index contributed by atoms with van der Waals surface area (Å²) in [7, 11) is 0. The number of nitrogens with two attached hydrogens (primary N) is 1. The number of imidazole rings is 1. The van der Waals surface area contributed by atoms with E-state index in [2.05, 4.69) is 29.5 Å². The molecule has 0 aromatic carbocycles. The summed E-state index contributed by atoms with van der Waals surface area (Å²) >= 11 is 0. The second-order valence-corrected chi connectivity index (χ2v) is 6.29. The predicted molar refractivity (Wildman–Crippen MR) is 81.7 cm³/mol. The smallest absolute Gasteiger partial charge is 0.160 e. The van der Waals surface area contributed by atoms with Gasteiger partial charge in [0.2, 0.25) is 0 Å². The van der Waals surface area contributed by atoms with Gasteiger partial charge in [-0.05, 0) is 38.8 Å². The summed E-state index contributed by atoms with van der Waals surface area (Å²) in [6.07, 6.45) is 7.99. The molecule has 0 bridgehead atoms. The summed E-state index contributed by atoms with van der Waals surface area (Å²) in [6, 6.07) is 4.37. The molecule has 4 heteroatoms. The quantitative estimate of drug-likeness (QED) is 0.933. The molecule has 2 aromatic rings. The van der Waals surface area contributed by atoms with Gasteiger partial charge in [0.05, 0.1) is 0 Å². The fourth-order valence-electron chi connectivity index (χ4n) is 3.54. The Labute approximate surface area is 120 Å². The molecule has 2 aromatic heterocycles. The number of hydrogen-bond donors (Lipinski definition) is 1. The van der Waals surface area contributed by atoms with Gasteiger partial charge in [0.1, 0.15) is 11.3 Å². The maximum atomic E-state index is 6.19. The summed E-state index contributed by atoms with van der Waals surface area (Å²) < 4.78 is 2.30. The molecule has 1 aliphatic carbocycles. The largest absolute Gasteiger partial charge is 0.329 e. The lowest BCUT2D eigenvalue weighted by atomic mass is 9.73. The fraction of sp³-hybridized carbons (Fsp3) is 0.625. The lowest BCUT2D eigenvalue weighted by molar-refractivity contribution is 0.274. The number of rotatable bonds is 3. The zero-order valence-electron chi connectivity index (χ0n) is 12.5. The molecule has 0 aliphatic heterocycles. The summed E-state index contributed by atoms with van der Waals surface area (Å²) in [5.74, 6) is 1.16. The van der Waals surface area contributed by atoms with Crippen LogP contribution in [-0.2, 0) is 5.41 Å². The Hall–Kier alpha value is -1.42. The van der Waals surface area contributed by atoms with Gasteiger partial charge in [-0.1, -0.05) is 19.3 Å². The van der Waals surface area contributed by atoms with Crippen molar-refractivity contribution in [3.8, 4) is 0 Å². The first-order valence-corrected chi connectivity index (χ1v) is 7.71. The van der Waals surface area contributed by atoms with E-state index < -0.39 is 0 Å². The standard InChI is InChI=1S/C16H24N4/c1-12(2)20-14-13(7-6-10-18-14)19-15(20)16(11-17)8-4-3-5-9-16/h6-7,10,12H,3-5,8-9,11,17H2,1-2H3. The Bertz CT molecular complexity index is 594. The van der Waals surface area contributed by atoms with Crippen molar-refractivity contribution >= 4 is 11.2 Å². The second kappa shape index (κ2) is 5.17. The monoisotopic (exact) mass is 272 g/mol. The molecular weight excluding hydrogens is 248 g/mol. The molecule has 0 spiro atoms. The number of pyridine rings is 1. The van der Waals surface area contributed by atoms with Crippen LogP contribution in [0.1, 0.15) is 57.8 Å². The van der Waals surface area contributed by atoms with Gasteiger partial charge in [0.25, 0.3) is 0 Å². The van der Waals surface area contributed by atoms with Crippen LogP contribution in [0.4, 0.5) is 0 Å². The SMILES string of the molecule is CC(C)n1c(C2(CN)CCCCC2)nc2cccnc21. The van der Waals surface area contributed by atoms with E-state index in [0.29, 0.717) is 12.6 Å². The summed E-state index contributed by atoms with van der Waals surface area (Å²) in [6.45, 7) is 5.09. The molecule has 1 aliphatic rings. The van der Waals surface area contributed by atoms with Crippen molar-refractivity contribution < 1.29 is 0 Å². The lowest BCUT2D eigenvalue weighted by Gasteiger charge is -2.36. The molecule has 1 fully saturated rings. The molecule has 0 atom stereocenters. The molecule has 0 unspecified atom stereocenters. The highest BCUT2D eigenvalue weighted by Crippen LogP contribution is 2.40. The summed E-state index contributed by atoms with van der Waals surface area (Å²) in [5, 5.41) is 0. The zero-order valence-corrected chi connectivity index (χ0v) is 12.5. The van der Waals surface area contributed by atoms with Crippen LogP contribution in [0.25, 0.3) is 11.2 Å². The lowest BCUT2D eigenvalue weighted by Crippen LogP contribution is -2.40. The first kappa shape index (κ1) is 13.6. The molecule has 2 heterocycles. The van der Waals surface area contributed by atoms with Crippen LogP contribution in [0, 0.1) is 0 Å².